The van der Waals surface area contributed by atoms with Crippen molar-refractivity contribution in [1.82, 2.24) is 0 Å². The second kappa shape index (κ2) is 5.83. The highest BCUT2D eigenvalue weighted by molar-refractivity contribution is 9.10. The van der Waals surface area contributed by atoms with Crippen LogP contribution in [0.2, 0.25) is 0 Å². The Morgan fingerprint density at radius 3 is 2.50 bits per heavy atom. The molecule has 2 rings (SSSR count). The third-order valence-corrected chi connectivity index (χ3v) is 5.40. The van der Waals surface area contributed by atoms with Gasteiger partial charge in [-0.05, 0) is 36.0 Å². The van der Waals surface area contributed by atoms with Gasteiger partial charge in [0.05, 0.1) is 0 Å². The van der Waals surface area contributed by atoms with Gasteiger partial charge in [0, 0.05) is 29.1 Å². The van der Waals surface area contributed by atoms with E-state index in [-0.39, 0.29) is 0 Å². The maximum absolute atomic E-state index is 5.88. The first-order valence-corrected chi connectivity index (χ1v) is 8.00. The largest absolute Gasteiger partial charge is 0.371 e. The van der Waals surface area contributed by atoms with Crippen LogP contribution in [0.15, 0.2) is 22.7 Å². The maximum atomic E-state index is 5.88. The fourth-order valence-electron chi connectivity index (χ4n) is 2.50. The molecule has 1 aliphatic rings. The Bertz CT molecular complexity index is 411. The van der Waals surface area contributed by atoms with E-state index in [9.17, 15) is 0 Å². The number of piperidine rings is 1. The summed E-state index contributed by atoms with van der Waals surface area (Å²) in [4.78, 5) is 2.49. The average molecular weight is 331 g/mol. The molecule has 0 saturated carbocycles. The molecular weight excluding hydrogens is 310 g/mol. The Balaban J connectivity index is 2.08. The fourth-order valence-corrected chi connectivity index (χ4v) is 3.40. The predicted octanol–water partition coefficient (Wildman–Crippen LogP) is 5.20. The van der Waals surface area contributed by atoms with E-state index in [1.165, 1.54) is 24.9 Å². The lowest BCUT2D eigenvalue weighted by atomic mass is 9.78. The van der Waals surface area contributed by atoms with Gasteiger partial charge in [-0.15, -0.1) is 11.6 Å². The molecule has 1 fully saturated rings. The van der Waals surface area contributed by atoms with Crippen molar-refractivity contribution < 1.29 is 0 Å². The van der Waals surface area contributed by atoms with Gasteiger partial charge in [0.1, 0.15) is 0 Å². The van der Waals surface area contributed by atoms with E-state index in [1.54, 1.807) is 0 Å². The summed E-state index contributed by atoms with van der Waals surface area (Å²) in [5.74, 6) is 0.564. The van der Waals surface area contributed by atoms with E-state index >= 15 is 0 Å². The van der Waals surface area contributed by atoms with Crippen molar-refractivity contribution in [3.8, 4) is 0 Å². The molecule has 18 heavy (non-hydrogen) atoms. The topological polar surface area (TPSA) is 3.24 Å². The standard InChI is InChI=1S/C15H21BrClN/c1-3-15(2)6-8-18(9-7-15)13-5-4-12(11-17)14(16)10-13/h4-5,10H,3,6-9,11H2,1-2H3. The highest BCUT2D eigenvalue weighted by Crippen LogP contribution is 2.36. The smallest absolute Gasteiger partial charge is 0.0485 e. The van der Waals surface area contributed by atoms with Crippen molar-refractivity contribution in [3.63, 3.8) is 0 Å². The zero-order valence-electron chi connectivity index (χ0n) is 11.2. The van der Waals surface area contributed by atoms with E-state index in [0.29, 0.717) is 11.3 Å². The molecular formula is C15H21BrClN. The number of hydrogen-bond donors (Lipinski definition) is 0. The normalized spacial score (nSPS) is 19.0. The number of benzene rings is 1. The zero-order valence-corrected chi connectivity index (χ0v) is 13.5. The van der Waals surface area contributed by atoms with Crippen LogP contribution in [0.25, 0.3) is 0 Å². The molecule has 1 heterocycles. The SMILES string of the molecule is CCC1(C)CCN(c2ccc(CCl)c(Br)c2)CC1. The summed E-state index contributed by atoms with van der Waals surface area (Å²) >= 11 is 9.48. The van der Waals surface area contributed by atoms with Gasteiger partial charge in [0.25, 0.3) is 0 Å². The summed E-state index contributed by atoms with van der Waals surface area (Å²) < 4.78 is 1.12. The molecule has 0 atom stereocenters. The van der Waals surface area contributed by atoms with Gasteiger partial charge in [0.2, 0.25) is 0 Å². The number of halogens is 2. The lowest BCUT2D eigenvalue weighted by molar-refractivity contribution is 0.238. The van der Waals surface area contributed by atoms with Gasteiger partial charge in [-0.1, -0.05) is 42.3 Å². The molecule has 0 spiro atoms. The first-order chi connectivity index (χ1) is 8.58. The van der Waals surface area contributed by atoms with E-state index < -0.39 is 0 Å². The maximum Gasteiger partial charge on any atom is 0.0485 e. The van der Waals surface area contributed by atoms with Crippen molar-refractivity contribution in [3.05, 3.63) is 28.2 Å². The molecule has 1 nitrogen and oxygen atoms in total. The van der Waals surface area contributed by atoms with Gasteiger partial charge in [-0.3, -0.25) is 0 Å². The first kappa shape index (κ1) is 14.2. The molecule has 0 radical (unpaired) electrons. The second-order valence-electron chi connectivity index (χ2n) is 5.56. The van der Waals surface area contributed by atoms with Crippen LogP contribution in [-0.4, -0.2) is 13.1 Å². The fraction of sp³-hybridized carbons (Fsp3) is 0.600. The van der Waals surface area contributed by atoms with Crippen LogP contribution in [-0.2, 0) is 5.88 Å². The van der Waals surface area contributed by atoms with Crippen molar-refractivity contribution in [1.29, 1.82) is 0 Å². The number of hydrogen-bond acceptors (Lipinski definition) is 1. The Hall–Kier alpha value is -0.210. The summed E-state index contributed by atoms with van der Waals surface area (Å²) in [5.41, 5.74) is 3.02. The monoisotopic (exact) mass is 329 g/mol. The lowest BCUT2D eigenvalue weighted by Gasteiger charge is -2.40. The quantitative estimate of drug-likeness (QED) is 0.688. The minimum Gasteiger partial charge on any atom is -0.371 e. The second-order valence-corrected chi connectivity index (χ2v) is 6.68. The molecule has 0 bridgehead atoms. The van der Waals surface area contributed by atoms with E-state index in [0.717, 1.165) is 23.1 Å². The molecule has 0 aromatic heterocycles. The Labute approximate surface area is 124 Å². The number of alkyl halides is 1. The number of nitrogens with zero attached hydrogens (tertiary/aromatic N) is 1. The predicted molar refractivity (Wildman–Crippen MR) is 83.5 cm³/mol. The summed E-state index contributed by atoms with van der Waals surface area (Å²) in [6.07, 6.45) is 3.87. The highest BCUT2D eigenvalue weighted by atomic mass is 79.9. The first-order valence-electron chi connectivity index (χ1n) is 6.67. The Morgan fingerprint density at radius 1 is 1.33 bits per heavy atom. The summed E-state index contributed by atoms with van der Waals surface area (Å²) in [6, 6.07) is 6.52. The van der Waals surface area contributed by atoms with Gasteiger partial charge in [0.15, 0.2) is 0 Å². The molecule has 1 aromatic rings. The highest BCUT2D eigenvalue weighted by Gasteiger charge is 2.28. The van der Waals surface area contributed by atoms with Crippen LogP contribution in [0.1, 0.15) is 38.7 Å². The Kier molecular flexibility index (Phi) is 4.60. The van der Waals surface area contributed by atoms with Crippen LogP contribution in [0, 0.1) is 5.41 Å². The van der Waals surface area contributed by atoms with Gasteiger partial charge >= 0.3 is 0 Å². The van der Waals surface area contributed by atoms with Crippen LogP contribution >= 0.6 is 27.5 Å². The van der Waals surface area contributed by atoms with E-state index in [1.807, 2.05) is 0 Å². The molecule has 0 aliphatic carbocycles. The molecule has 0 unspecified atom stereocenters. The molecule has 1 aromatic carbocycles. The molecule has 0 N–H and O–H groups in total. The van der Waals surface area contributed by atoms with Crippen molar-refractivity contribution in [2.24, 2.45) is 5.41 Å². The van der Waals surface area contributed by atoms with Crippen molar-refractivity contribution >= 4 is 33.2 Å². The summed E-state index contributed by atoms with van der Waals surface area (Å²) in [5, 5.41) is 0. The average Bonchev–Trinajstić information content (AvgIpc) is 2.39. The molecule has 3 heteroatoms. The van der Waals surface area contributed by atoms with Gasteiger partial charge in [-0.25, -0.2) is 0 Å². The van der Waals surface area contributed by atoms with E-state index in [4.69, 9.17) is 11.6 Å². The van der Waals surface area contributed by atoms with Gasteiger partial charge in [-0.2, -0.15) is 0 Å². The summed E-state index contributed by atoms with van der Waals surface area (Å²) in [7, 11) is 0. The van der Waals surface area contributed by atoms with Crippen LogP contribution < -0.4 is 4.90 Å². The van der Waals surface area contributed by atoms with Crippen LogP contribution in [0.4, 0.5) is 5.69 Å². The molecule has 100 valence electrons. The number of rotatable bonds is 3. The minimum atomic E-state index is 0.545. The molecule has 0 amide bonds. The van der Waals surface area contributed by atoms with E-state index in [2.05, 4.69) is 52.9 Å². The lowest BCUT2D eigenvalue weighted by Crippen LogP contribution is -2.38. The minimum absolute atomic E-state index is 0.545. The van der Waals surface area contributed by atoms with Crippen molar-refractivity contribution in [2.75, 3.05) is 18.0 Å². The number of anilines is 1. The third-order valence-electron chi connectivity index (χ3n) is 4.37. The Morgan fingerprint density at radius 2 is 2.00 bits per heavy atom. The van der Waals surface area contributed by atoms with Crippen LogP contribution in [0.3, 0.4) is 0 Å². The van der Waals surface area contributed by atoms with Crippen LogP contribution in [0.5, 0.6) is 0 Å². The third kappa shape index (κ3) is 3.03. The summed E-state index contributed by atoms with van der Waals surface area (Å²) in [6.45, 7) is 7.05. The van der Waals surface area contributed by atoms with Crippen molar-refractivity contribution in [2.45, 2.75) is 39.0 Å². The molecule has 1 aliphatic heterocycles. The van der Waals surface area contributed by atoms with Gasteiger partial charge < -0.3 is 4.90 Å². The molecule has 1 saturated heterocycles. The zero-order chi connectivity index (χ0) is 13.2.